The molecule has 64 heavy (non-hydrogen) atoms. The normalized spacial score (nSPS) is 11.7. The maximum Gasteiger partial charge on any atom is 0.381 e. The maximum absolute atomic E-state index is 15.4. The molecule has 0 radical (unpaired) electrons. The third-order valence-electron chi connectivity index (χ3n) is 9.70. The lowest BCUT2D eigenvalue weighted by Gasteiger charge is -2.44. The van der Waals surface area contributed by atoms with E-state index in [0.717, 1.165) is 0 Å². The van der Waals surface area contributed by atoms with E-state index in [0.29, 0.717) is 0 Å². The summed E-state index contributed by atoms with van der Waals surface area (Å²) >= 11 is 4.18. The van der Waals surface area contributed by atoms with Crippen LogP contribution in [0.4, 0.5) is 87.8 Å². The van der Waals surface area contributed by atoms with E-state index in [4.69, 9.17) is 0 Å². The lowest BCUT2D eigenvalue weighted by Crippen LogP contribution is -3.61. The van der Waals surface area contributed by atoms with E-state index in [2.05, 4.69) is 60.8 Å². The molecule has 0 nitrogen and oxygen atoms in total. The monoisotopic (exact) mass is 1080 g/mol. The lowest BCUT2D eigenvalue weighted by molar-refractivity contribution is -0.585. The van der Waals surface area contributed by atoms with Crippen LogP contribution in [-0.4, -0.2) is 6.15 Å². The second kappa shape index (κ2) is 20.0. The van der Waals surface area contributed by atoms with Gasteiger partial charge in [-0.05, 0) is 37.8 Å². The fourth-order valence-electron chi connectivity index (χ4n) is 6.74. The highest BCUT2D eigenvalue weighted by Gasteiger charge is 2.52. The fraction of sp³-hybridized carbons (Fsp3) is 0.200. The van der Waals surface area contributed by atoms with Crippen molar-refractivity contribution in [1.29, 1.82) is 0 Å². The molecule has 0 atom stereocenters. The predicted octanol–water partition coefficient (Wildman–Crippen LogP) is 8.47. The summed E-state index contributed by atoms with van der Waals surface area (Å²) in [6.45, 7) is 4.54. The summed E-state index contributed by atoms with van der Waals surface area (Å²) in [5, 5.41) is 0. The van der Waals surface area contributed by atoms with Gasteiger partial charge in [0.1, 0.15) is 52.7 Å². The van der Waals surface area contributed by atoms with Gasteiger partial charge >= 0.3 is 21.2 Å². The van der Waals surface area contributed by atoms with Crippen LogP contribution in [0.3, 0.4) is 0 Å². The number of aryl methyl sites for hydroxylation is 2. The molecular weight excluding hydrogens is 1060 g/mol. The van der Waals surface area contributed by atoms with Crippen molar-refractivity contribution in [2.75, 3.05) is 0 Å². The van der Waals surface area contributed by atoms with Crippen molar-refractivity contribution in [3.8, 4) is 0 Å². The maximum atomic E-state index is 15.4. The van der Waals surface area contributed by atoms with Crippen molar-refractivity contribution in [1.82, 2.24) is 0 Å². The Morgan fingerprint density at radius 2 is 0.531 bits per heavy atom. The molecule has 6 aromatic rings. The molecule has 0 bridgehead atoms. The number of hydrogen-bond acceptors (Lipinski definition) is 2. The molecule has 0 N–H and O–H groups in total. The fourth-order valence-corrected chi connectivity index (χ4v) is 13.4. The SMILES string of the molecule is CCCCc1ccc([I+]c2ccc(CCCC)s2)s1.Fc1c(F)c(F)c([B-](c2c(F)c(F)c(F)c(F)c2F)(c2c(F)c(F)c(F)c(F)c2F)c2c(F)c(F)c(F)c(F)c2F)c(F)c1F. The highest BCUT2D eigenvalue weighted by Crippen LogP contribution is 2.31. The van der Waals surface area contributed by atoms with E-state index in [1.54, 1.807) is 15.5 Å². The van der Waals surface area contributed by atoms with Crippen molar-refractivity contribution < 1.29 is 109 Å². The van der Waals surface area contributed by atoms with Crippen molar-refractivity contribution >= 4 is 50.7 Å². The second-order valence-electron chi connectivity index (χ2n) is 13.5. The van der Waals surface area contributed by atoms with Gasteiger partial charge in [-0.3, -0.25) is 0 Å². The summed E-state index contributed by atoms with van der Waals surface area (Å²) in [6.07, 6.45) is 0.596. The molecule has 0 fully saturated rings. The molecule has 0 amide bonds. The summed E-state index contributed by atoms with van der Waals surface area (Å²) in [4.78, 5) is 3.17. The van der Waals surface area contributed by atoms with Gasteiger partial charge < -0.3 is 0 Å². The van der Waals surface area contributed by atoms with E-state index < -0.39 is 144 Å². The van der Waals surface area contributed by atoms with Crippen LogP contribution in [0, 0.1) is 122 Å². The number of hydrogen-bond donors (Lipinski definition) is 0. The van der Waals surface area contributed by atoms with Crippen molar-refractivity contribution in [3.63, 3.8) is 0 Å². The minimum atomic E-state index is -7.22. The molecule has 0 spiro atoms. The van der Waals surface area contributed by atoms with Gasteiger partial charge in [-0.2, -0.15) is 0 Å². The summed E-state index contributed by atoms with van der Waals surface area (Å²) in [5.41, 5.74) is -14.3. The largest absolute Gasteiger partial charge is 0.381 e. The third-order valence-corrected chi connectivity index (χ3v) is 15.7. The average Bonchev–Trinajstić information content (AvgIpc) is 3.93. The van der Waals surface area contributed by atoms with Crippen LogP contribution >= 0.6 is 22.7 Å². The predicted molar refractivity (Wildman–Crippen MR) is 192 cm³/mol. The average molecular weight is 1080 g/mol. The molecule has 2 heterocycles. The summed E-state index contributed by atoms with van der Waals surface area (Å²) in [7, 11) is 0. The van der Waals surface area contributed by atoms with Gasteiger partial charge in [-0.1, -0.05) is 49.4 Å². The van der Waals surface area contributed by atoms with Crippen molar-refractivity contribution in [2.24, 2.45) is 0 Å². The Balaban J connectivity index is 0.000000337. The molecule has 0 aliphatic rings. The molecule has 2 aromatic heterocycles. The molecule has 0 aliphatic carbocycles. The molecule has 24 heteroatoms. The third kappa shape index (κ3) is 8.73. The zero-order valence-corrected chi connectivity index (χ0v) is 35.7. The Hall–Kier alpha value is -4.33. The van der Waals surface area contributed by atoms with Crippen LogP contribution in [0.1, 0.15) is 49.3 Å². The molecule has 344 valence electrons. The lowest BCUT2D eigenvalue weighted by atomic mass is 9.12. The van der Waals surface area contributed by atoms with Gasteiger partial charge in [0.15, 0.2) is 69.8 Å². The summed E-state index contributed by atoms with van der Waals surface area (Å²) < 4.78 is 297. The Bertz CT molecular complexity index is 2320. The highest BCUT2D eigenvalue weighted by atomic mass is 127. The smallest absolute Gasteiger partial charge is 0.207 e. The van der Waals surface area contributed by atoms with Gasteiger partial charge in [0.2, 0.25) is 5.77 Å². The molecule has 0 aliphatic heterocycles. The minimum absolute atomic E-state index is 0.0756. The van der Waals surface area contributed by atoms with Crippen molar-refractivity contribution in [2.45, 2.75) is 52.4 Å². The van der Waals surface area contributed by atoms with E-state index in [1.807, 2.05) is 0 Å². The van der Waals surface area contributed by atoms with Gasteiger partial charge in [-0.25, -0.2) is 87.8 Å². The summed E-state index contributed by atoms with van der Waals surface area (Å²) in [6, 6.07) is 9.44. The Labute approximate surface area is 366 Å². The summed E-state index contributed by atoms with van der Waals surface area (Å²) in [5.74, 6) is -71.4. The van der Waals surface area contributed by atoms with Crippen LogP contribution in [0.2, 0.25) is 0 Å². The van der Waals surface area contributed by atoms with E-state index in [1.165, 1.54) is 38.5 Å². The van der Waals surface area contributed by atoms with Gasteiger partial charge in [-0.15, -0.1) is 21.9 Å². The minimum Gasteiger partial charge on any atom is -0.207 e. The zero-order valence-electron chi connectivity index (χ0n) is 31.9. The van der Waals surface area contributed by atoms with Gasteiger partial charge in [0, 0.05) is 21.9 Å². The van der Waals surface area contributed by atoms with Crippen LogP contribution in [0.5, 0.6) is 0 Å². The Morgan fingerprint density at radius 1 is 0.328 bits per heavy atom. The quantitative estimate of drug-likeness (QED) is 0.0380. The van der Waals surface area contributed by atoms with Crippen LogP contribution < -0.4 is 43.1 Å². The van der Waals surface area contributed by atoms with Gasteiger partial charge in [0.25, 0.3) is 0 Å². The molecule has 0 unspecified atom stereocenters. The zero-order chi connectivity index (χ0) is 47.9. The number of halogens is 21. The molecule has 4 aromatic carbocycles. The second-order valence-corrected chi connectivity index (χ2v) is 20.2. The number of unbranched alkanes of at least 4 members (excludes halogenated alkanes) is 2. The van der Waals surface area contributed by atoms with Gasteiger partial charge in [0.05, 0.1) is 0 Å². The molecule has 6 rings (SSSR count). The number of thiophene rings is 2. The Morgan fingerprint density at radius 3 is 0.734 bits per heavy atom. The van der Waals surface area contributed by atoms with Crippen LogP contribution in [0.25, 0.3) is 0 Å². The van der Waals surface area contributed by atoms with E-state index >= 15 is 35.1 Å². The molecular formula is C40H22BF20IS2. The van der Waals surface area contributed by atoms with Crippen LogP contribution in [-0.2, 0) is 12.8 Å². The standard InChI is InChI=1S/C24BF20.C16H22IS2/c26-5-1(6(27)14(35)21(42)13(5)34)25(2-7(28)15(36)22(43)16(37)8(2)29,3-9(30)17(38)23(44)18(39)10(3)31)4-11(32)19(40)24(45)20(41)12(4)33;1-3-5-7-13-9-11-15(18-13)17-16-12-10-14(19-16)8-6-4-2/h;9-12H,3-8H2,1-2H3/q-1;+1. The molecule has 0 saturated carbocycles. The van der Waals surface area contributed by atoms with E-state index in [9.17, 15) is 52.7 Å². The first-order valence-corrected chi connectivity index (χ1v) is 21.9. The molecule has 0 saturated heterocycles. The number of benzene rings is 4. The first-order chi connectivity index (χ1) is 30.0. The highest BCUT2D eigenvalue weighted by molar-refractivity contribution is 7.20. The number of rotatable bonds is 12. The Kier molecular flexibility index (Phi) is 15.9. The van der Waals surface area contributed by atoms with E-state index in [-0.39, 0.29) is 21.2 Å². The topological polar surface area (TPSA) is 0 Å². The first kappa shape index (κ1) is 50.7. The van der Waals surface area contributed by atoms with Crippen LogP contribution in [0.15, 0.2) is 24.3 Å². The first-order valence-electron chi connectivity index (χ1n) is 18.1. The van der Waals surface area contributed by atoms with Crippen molar-refractivity contribution in [3.05, 3.63) is 156 Å².